The second-order valence-electron chi connectivity index (χ2n) is 1.97. The van der Waals surface area contributed by atoms with E-state index < -0.39 is 4.87 Å². The summed E-state index contributed by atoms with van der Waals surface area (Å²) in [5.41, 5.74) is 0. The Morgan fingerprint density at radius 3 is 1.71 bits per heavy atom. The van der Waals surface area contributed by atoms with Gasteiger partial charge in [-0.05, 0) is 13.8 Å². The standard InChI is InChI=1S/C4H10FNS/c1-4(2,7)6(3)5/h7H,1-3H3. The minimum atomic E-state index is -0.639. The molecule has 7 heavy (non-hydrogen) atoms. The van der Waals surface area contributed by atoms with Crippen molar-refractivity contribution in [3.63, 3.8) is 0 Å². The van der Waals surface area contributed by atoms with Gasteiger partial charge >= 0.3 is 0 Å². The smallest absolute Gasteiger partial charge is 0.0874 e. The van der Waals surface area contributed by atoms with E-state index in [4.69, 9.17) is 0 Å². The van der Waals surface area contributed by atoms with Crippen LogP contribution in [0.25, 0.3) is 0 Å². The van der Waals surface area contributed by atoms with Crippen molar-refractivity contribution >= 4 is 12.6 Å². The van der Waals surface area contributed by atoms with Gasteiger partial charge in [0.2, 0.25) is 0 Å². The lowest BCUT2D eigenvalue weighted by Crippen LogP contribution is -2.28. The lowest BCUT2D eigenvalue weighted by Gasteiger charge is -2.20. The Bertz CT molecular complexity index is 57.2. The van der Waals surface area contributed by atoms with Crippen molar-refractivity contribution in [2.24, 2.45) is 0 Å². The molecule has 0 aromatic carbocycles. The second-order valence-corrected chi connectivity index (χ2v) is 3.07. The average Bonchev–Trinajstić information content (AvgIpc) is 1.31. The molecule has 0 N–H and O–H groups in total. The maximum atomic E-state index is 12.0. The highest BCUT2D eigenvalue weighted by Gasteiger charge is 2.16. The van der Waals surface area contributed by atoms with Crippen LogP contribution in [0.2, 0.25) is 0 Å². The van der Waals surface area contributed by atoms with Crippen LogP contribution >= 0.6 is 12.6 Å². The molecule has 44 valence electrons. The van der Waals surface area contributed by atoms with Crippen LogP contribution in [0.15, 0.2) is 0 Å². The molecule has 0 rings (SSSR count). The summed E-state index contributed by atoms with van der Waals surface area (Å²) in [4.78, 5) is -0.639. The van der Waals surface area contributed by atoms with E-state index >= 15 is 0 Å². The van der Waals surface area contributed by atoms with E-state index in [0.717, 1.165) is 0 Å². The van der Waals surface area contributed by atoms with E-state index in [0.29, 0.717) is 5.12 Å². The highest BCUT2D eigenvalue weighted by Crippen LogP contribution is 2.15. The van der Waals surface area contributed by atoms with E-state index in [9.17, 15) is 4.48 Å². The highest BCUT2D eigenvalue weighted by atomic mass is 32.1. The fraction of sp³-hybridized carbons (Fsp3) is 1.00. The Labute approximate surface area is 48.8 Å². The fourth-order valence-electron chi connectivity index (χ4n) is 0. The van der Waals surface area contributed by atoms with Crippen LogP contribution in [0, 0.1) is 0 Å². The number of halogens is 1. The maximum Gasteiger partial charge on any atom is 0.0874 e. The lowest BCUT2D eigenvalue weighted by molar-refractivity contribution is 0.00832. The van der Waals surface area contributed by atoms with Crippen molar-refractivity contribution in [2.75, 3.05) is 7.05 Å². The van der Waals surface area contributed by atoms with Crippen molar-refractivity contribution in [2.45, 2.75) is 18.7 Å². The summed E-state index contributed by atoms with van der Waals surface area (Å²) in [6.07, 6.45) is 0. The third-order valence-corrected chi connectivity index (χ3v) is 1.03. The molecule has 3 heteroatoms. The first-order chi connectivity index (χ1) is 2.94. The molecule has 0 spiro atoms. The molecule has 0 saturated carbocycles. The Balaban J connectivity index is 3.54. The van der Waals surface area contributed by atoms with Gasteiger partial charge in [-0.15, -0.1) is 9.60 Å². The number of rotatable bonds is 1. The molecule has 1 nitrogen and oxygen atoms in total. The van der Waals surface area contributed by atoms with Gasteiger partial charge in [0.15, 0.2) is 0 Å². The molecule has 0 unspecified atom stereocenters. The van der Waals surface area contributed by atoms with E-state index in [1.54, 1.807) is 13.8 Å². The van der Waals surface area contributed by atoms with Gasteiger partial charge in [-0.3, -0.25) is 0 Å². The monoisotopic (exact) mass is 123 g/mol. The van der Waals surface area contributed by atoms with Gasteiger partial charge in [0.1, 0.15) is 0 Å². The third-order valence-electron chi connectivity index (χ3n) is 0.754. The van der Waals surface area contributed by atoms with Gasteiger partial charge in [0.05, 0.1) is 4.87 Å². The average molecular weight is 123 g/mol. The Morgan fingerprint density at radius 2 is 1.71 bits per heavy atom. The summed E-state index contributed by atoms with van der Waals surface area (Å²) in [6, 6.07) is 0. The Morgan fingerprint density at radius 1 is 1.57 bits per heavy atom. The maximum absolute atomic E-state index is 12.0. The Kier molecular flexibility index (Phi) is 2.08. The van der Waals surface area contributed by atoms with Crippen LogP contribution < -0.4 is 0 Å². The van der Waals surface area contributed by atoms with E-state index in [2.05, 4.69) is 12.6 Å². The van der Waals surface area contributed by atoms with Gasteiger partial charge in [0, 0.05) is 7.05 Å². The van der Waals surface area contributed by atoms with E-state index in [1.807, 2.05) is 0 Å². The molecular weight excluding hydrogens is 113 g/mol. The molecule has 0 amide bonds. The van der Waals surface area contributed by atoms with Gasteiger partial charge in [-0.1, -0.05) is 0 Å². The molecule has 0 aliphatic heterocycles. The van der Waals surface area contributed by atoms with Crippen LogP contribution in [-0.2, 0) is 0 Å². The highest BCUT2D eigenvalue weighted by molar-refractivity contribution is 7.81. The summed E-state index contributed by atoms with van der Waals surface area (Å²) in [7, 11) is 1.34. The topological polar surface area (TPSA) is 3.24 Å². The van der Waals surface area contributed by atoms with Crippen LogP contribution in [0.4, 0.5) is 4.48 Å². The summed E-state index contributed by atoms with van der Waals surface area (Å²) in [5, 5.41) is 0.552. The van der Waals surface area contributed by atoms with Crippen LogP contribution in [0.5, 0.6) is 0 Å². The second kappa shape index (κ2) is 2.01. The molecule has 0 aliphatic rings. The first-order valence-corrected chi connectivity index (χ1v) is 2.51. The van der Waals surface area contributed by atoms with Crippen molar-refractivity contribution in [3.8, 4) is 0 Å². The number of thiol groups is 1. The minimum absolute atomic E-state index is 0.552. The molecule has 0 bridgehead atoms. The largest absolute Gasteiger partial charge is 0.155 e. The molecule has 0 radical (unpaired) electrons. The van der Waals surface area contributed by atoms with E-state index in [1.165, 1.54) is 7.05 Å². The van der Waals surface area contributed by atoms with Crippen LogP contribution in [0.1, 0.15) is 13.8 Å². The number of nitrogens with zero attached hydrogens (tertiary/aromatic N) is 1. The van der Waals surface area contributed by atoms with Gasteiger partial charge in [0.25, 0.3) is 0 Å². The molecular formula is C4H10FNS. The predicted molar refractivity (Wildman–Crippen MR) is 31.9 cm³/mol. The summed E-state index contributed by atoms with van der Waals surface area (Å²) in [6.45, 7) is 3.35. The van der Waals surface area contributed by atoms with E-state index in [-0.39, 0.29) is 0 Å². The van der Waals surface area contributed by atoms with Gasteiger partial charge < -0.3 is 0 Å². The summed E-state index contributed by atoms with van der Waals surface area (Å²) < 4.78 is 12.0. The molecule has 0 atom stereocenters. The number of hydrogen-bond acceptors (Lipinski definition) is 2. The third kappa shape index (κ3) is 2.88. The van der Waals surface area contributed by atoms with Crippen molar-refractivity contribution in [1.82, 2.24) is 5.12 Å². The van der Waals surface area contributed by atoms with Crippen molar-refractivity contribution < 1.29 is 4.48 Å². The van der Waals surface area contributed by atoms with Crippen LogP contribution in [-0.4, -0.2) is 17.0 Å². The zero-order valence-electron chi connectivity index (χ0n) is 4.77. The first kappa shape index (κ1) is 7.24. The molecule has 0 saturated heterocycles. The SMILES string of the molecule is CN(F)C(C)(C)S. The molecule has 0 aromatic rings. The zero-order valence-corrected chi connectivity index (χ0v) is 5.67. The van der Waals surface area contributed by atoms with Gasteiger partial charge in [-0.25, -0.2) is 0 Å². The fourth-order valence-corrected chi connectivity index (χ4v) is 0. The lowest BCUT2D eigenvalue weighted by atomic mass is 10.4. The van der Waals surface area contributed by atoms with Crippen LogP contribution in [0.3, 0.4) is 0 Å². The van der Waals surface area contributed by atoms with Crippen molar-refractivity contribution in [1.29, 1.82) is 0 Å². The number of hydrogen-bond donors (Lipinski definition) is 1. The first-order valence-electron chi connectivity index (χ1n) is 2.06. The Hall–Kier alpha value is 0.240. The molecule has 0 fully saturated rings. The molecule has 0 aliphatic carbocycles. The minimum Gasteiger partial charge on any atom is -0.155 e. The normalized spacial score (nSPS) is 12.9. The molecule has 0 heterocycles. The quantitative estimate of drug-likeness (QED) is 0.314. The zero-order chi connectivity index (χ0) is 6.08. The summed E-state index contributed by atoms with van der Waals surface area (Å²) in [5.74, 6) is 0. The van der Waals surface area contributed by atoms with Crippen molar-refractivity contribution in [3.05, 3.63) is 0 Å². The summed E-state index contributed by atoms with van der Waals surface area (Å²) >= 11 is 3.90. The predicted octanol–water partition coefficient (Wildman–Crippen LogP) is 1.47. The molecule has 0 aromatic heterocycles. The van der Waals surface area contributed by atoms with Gasteiger partial charge in [-0.2, -0.15) is 12.6 Å².